The van der Waals surface area contributed by atoms with Crippen molar-refractivity contribution >= 4 is 22.2 Å². The molecule has 0 atom stereocenters. The molecule has 0 amide bonds. The quantitative estimate of drug-likeness (QED) is 0.544. The molecule has 5 nitrogen and oxygen atoms in total. The highest BCUT2D eigenvalue weighted by atomic mass is 16.5. The molecule has 0 saturated carbocycles. The SMILES string of the molecule is COCCNc1c(-c2c(O)ccc3ccccc23)nc2ccccn12. The van der Waals surface area contributed by atoms with Crippen molar-refractivity contribution in [3.05, 3.63) is 60.8 Å². The van der Waals surface area contributed by atoms with E-state index in [2.05, 4.69) is 5.32 Å². The molecule has 4 rings (SSSR count). The summed E-state index contributed by atoms with van der Waals surface area (Å²) in [6, 6.07) is 17.5. The fourth-order valence-electron chi connectivity index (χ4n) is 3.12. The Hall–Kier alpha value is -3.05. The molecule has 0 aliphatic heterocycles. The summed E-state index contributed by atoms with van der Waals surface area (Å²) in [4.78, 5) is 4.77. The van der Waals surface area contributed by atoms with Gasteiger partial charge in [-0.25, -0.2) is 4.98 Å². The van der Waals surface area contributed by atoms with Crippen LogP contribution in [0.1, 0.15) is 0 Å². The normalized spacial score (nSPS) is 11.2. The van der Waals surface area contributed by atoms with E-state index < -0.39 is 0 Å². The molecule has 2 heterocycles. The van der Waals surface area contributed by atoms with Gasteiger partial charge in [-0.3, -0.25) is 4.40 Å². The Kier molecular flexibility index (Phi) is 3.99. The Bertz CT molecular complexity index is 1040. The minimum atomic E-state index is 0.219. The molecule has 0 saturated heterocycles. The predicted molar refractivity (Wildman–Crippen MR) is 100 cm³/mol. The Labute approximate surface area is 145 Å². The van der Waals surface area contributed by atoms with Crippen LogP contribution in [0.25, 0.3) is 27.7 Å². The van der Waals surface area contributed by atoms with Crippen LogP contribution in [0.2, 0.25) is 0 Å². The second-order valence-corrected chi connectivity index (χ2v) is 5.84. The number of hydrogen-bond donors (Lipinski definition) is 2. The van der Waals surface area contributed by atoms with Crippen molar-refractivity contribution in [1.82, 2.24) is 9.38 Å². The van der Waals surface area contributed by atoms with E-state index in [0.29, 0.717) is 13.2 Å². The molecule has 25 heavy (non-hydrogen) atoms. The summed E-state index contributed by atoms with van der Waals surface area (Å²) in [5.41, 5.74) is 2.29. The van der Waals surface area contributed by atoms with E-state index in [4.69, 9.17) is 9.72 Å². The number of methoxy groups -OCH3 is 1. The van der Waals surface area contributed by atoms with E-state index in [0.717, 1.165) is 33.5 Å². The van der Waals surface area contributed by atoms with Gasteiger partial charge in [-0.1, -0.05) is 36.4 Å². The van der Waals surface area contributed by atoms with Gasteiger partial charge in [0.05, 0.1) is 12.2 Å². The van der Waals surface area contributed by atoms with Gasteiger partial charge in [0.15, 0.2) is 0 Å². The largest absolute Gasteiger partial charge is 0.507 e. The zero-order chi connectivity index (χ0) is 17.2. The molecule has 0 aliphatic carbocycles. The lowest BCUT2D eigenvalue weighted by atomic mass is 10.0. The number of anilines is 1. The van der Waals surface area contributed by atoms with Crippen molar-refractivity contribution in [2.75, 3.05) is 25.6 Å². The number of aromatic nitrogens is 2. The number of phenols is 1. The van der Waals surface area contributed by atoms with Gasteiger partial charge in [-0.05, 0) is 29.0 Å². The van der Waals surface area contributed by atoms with Crippen molar-refractivity contribution in [3.63, 3.8) is 0 Å². The Morgan fingerprint density at radius 3 is 2.80 bits per heavy atom. The first kappa shape index (κ1) is 15.5. The predicted octanol–water partition coefficient (Wildman–Crippen LogP) is 3.92. The molecular formula is C20H19N3O2. The van der Waals surface area contributed by atoms with Gasteiger partial charge in [0.2, 0.25) is 0 Å². The van der Waals surface area contributed by atoms with Crippen LogP contribution < -0.4 is 5.32 Å². The number of pyridine rings is 1. The van der Waals surface area contributed by atoms with Crippen LogP contribution in [0, 0.1) is 0 Å². The highest BCUT2D eigenvalue weighted by Gasteiger charge is 2.19. The van der Waals surface area contributed by atoms with E-state index >= 15 is 0 Å². The summed E-state index contributed by atoms with van der Waals surface area (Å²) in [6.07, 6.45) is 1.96. The number of nitrogens with zero attached hydrogens (tertiary/aromatic N) is 2. The highest BCUT2D eigenvalue weighted by Crippen LogP contribution is 2.39. The third kappa shape index (κ3) is 2.68. The monoisotopic (exact) mass is 333 g/mol. The van der Waals surface area contributed by atoms with Crippen LogP contribution in [-0.2, 0) is 4.74 Å². The third-order valence-electron chi connectivity index (χ3n) is 4.27. The van der Waals surface area contributed by atoms with E-state index in [1.165, 1.54) is 0 Å². The summed E-state index contributed by atoms with van der Waals surface area (Å²) in [5, 5.41) is 16.0. The molecule has 2 aromatic heterocycles. The minimum Gasteiger partial charge on any atom is -0.507 e. The second kappa shape index (κ2) is 6.45. The minimum absolute atomic E-state index is 0.219. The number of phenolic OH excluding ortho intramolecular Hbond substituents is 1. The maximum absolute atomic E-state index is 10.6. The first-order chi connectivity index (χ1) is 12.3. The molecule has 0 radical (unpaired) electrons. The summed E-state index contributed by atoms with van der Waals surface area (Å²) in [7, 11) is 1.67. The topological polar surface area (TPSA) is 58.8 Å². The summed E-state index contributed by atoms with van der Waals surface area (Å²) < 4.78 is 7.14. The maximum Gasteiger partial charge on any atom is 0.139 e. The fourth-order valence-corrected chi connectivity index (χ4v) is 3.12. The van der Waals surface area contributed by atoms with Gasteiger partial charge in [-0.2, -0.15) is 0 Å². The molecule has 4 aromatic rings. The number of aromatic hydroxyl groups is 1. The number of benzene rings is 2. The molecule has 2 aromatic carbocycles. The first-order valence-electron chi connectivity index (χ1n) is 8.20. The van der Waals surface area contributed by atoms with Crippen molar-refractivity contribution in [2.45, 2.75) is 0 Å². The number of ether oxygens (including phenoxy) is 1. The third-order valence-corrected chi connectivity index (χ3v) is 4.27. The molecule has 2 N–H and O–H groups in total. The summed E-state index contributed by atoms with van der Waals surface area (Å²) in [6.45, 7) is 1.23. The maximum atomic E-state index is 10.6. The van der Waals surface area contributed by atoms with Crippen LogP contribution in [0.5, 0.6) is 5.75 Å². The second-order valence-electron chi connectivity index (χ2n) is 5.84. The molecule has 0 bridgehead atoms. The molecule has 0 aliphatic rings. The van der Waals surface area contributed by atoms with Crippen molar-refractivity contribution in [3.8, 4) is 17.0 Å². The molecule has 126 valence electrons. The van der Waals surface area contributed by atoms with Gasteiger partial charge in [0, 0.05) is 19.9 Å². The average molecular weight is 333 g/mol. The first-order valence-corrected chi connectivity index (χ1v) is 8.20. The lowest BCUT2D eigenvalue weighted by Gasteiger charge is -2.11. The van der Waals surface area contributed by atoms with E-state index in [-0.39, 0.29) is 5.75 Å². The number of nitrogens with one attached hydrogen (secondary N) is 1. The highest BCUT2D eigenvalue weighted by molar-refractivity contribution is 6.01. The zero-order valence-electron chi connectivity index (χ0n) is 13.9. The number of fused-ring (bicyclic) bond motifs is 2. The van der Waals surface area contributed by atoms with Crippen LogP contribution in [0.3, 0.4) is 0 Å². The van der Waals surface area contributed by atoms with Gasteiger partial charge in [0.1, 0.15) is 22.9 Å². The van der Waals surface area contributed by atoms with E-state index in [1.807, 2.05) is 59.1 Å². The molecule has 0 unspecified atom stereocenters. The molecule has 0 spiro atoms. The van der Waals surface area contributed by atoms with Gasteiger partial charge in [0.25, 0.3) is 0 Å². The zero-order valence-corrected chi connectivity index (χ0v) is 13.9. The van der Waals surface area contributed by atoms with Gasteiger partial charge in [-0.15, -0.1) is 0 Å². The molecule has 0 fully saturated rings. The van der Waals surface area contributed by atoms with Gasteiger partial charge >= 0.3 is 0 Å². The summed E-state index contributed by atoms with van der Waals surface area (Å²) >= 11 is 0. The Morgan fingerprint density at radius 1 is 1.08 bits per heavy atom. The average Bonchev–Trinajstić information content (AvgIpc) is 3.00. The standard InChI is InChI=1S/C20H19N3O2/c1-25-13-11-21-20-19(22-17-8-4-5-12-23(17)20)18-15-7-3-2-6-14(15)9-10-16(18)24/h2-10,12,21,24H,11,13H2,1H3. The van der Waals surface area contributed by atoms with Crippen LogP contribution >= 0.6 is 0 Å². The van der Waals surface area contributed by atoms with Crippen molar-refractivity contribution in [2.24, 2.45) is 0 Å². The van der Waals surface area contributed by atoms with Gasteiger partial charge < -0.3 is 15.2 Å². The summed E-state index contributed by atoms with van der Waals surface area (Å²) in [5.74, 6) is 1.07. The van der Waals surface area contributed by atoms with E-state index in [9.17, 15) is 5.11 Å². The lowest BCUT2D eigenvalue weighted by Crippen LogP contribution is -2.10. The molecule has 5 heteroatoms. The molecular weight excluding hydrogens is 314 g/mol. The van der Waals surface area contributed by atoms with Crippen molar-refractivity contribution in [1.29, 1.82) is 0 Å². The van der Waals surface area contributed by atoms with E-state index in [1.54, 1.807) is 13.2 Å². The Morgan fingerprint density at radius 2 is 1.92 bits per heavy atom. The Balaban J connectivity index is 1.98. The van der Waals surface area contributed by atoms with Crippen LogP contribution in [-0.4, -0.2) is 34.8 Å². The number of rotatable bonds is 5. The number of imidazole rings is 1. The van der Waals surface area contributed by atoms with Crippen LogP contribution in [0.4, 0.5) is 5.82 Å². The smallest absolute Gasteiger partial charge is 0.139 e. The fraction of sp³-hybridized carbons (Fsp3) is 0.150. The van der Waals surface area contributed by atoms with Crippen molar-refractivity contribution < 1.29 is 9.84 Å². The van der Waals surface area contributed by atoms with Crippen LogP contribution in [0.15, 0.2) is 60.8 Å². The lowest BCUT2D eigenvalue weighted by molar-refractivity contribution is 0.210. The number of hydrogen-bond acceptors (Lipinski definition) is 4.